The van der Waals surface area contributed by atoms with Crippen LogP contribution in [0.2, 0.25) is 0 Å². The van der Waals surface area contributed by atoms with Gasteiger partial charge in [-0.15, -0.1) is 0 Å². The second-order valence-corrected chi connectivity index (χ2v) is 11.7. The predicted octanol–water partition coefficient (Wildman–Crippen LogP) is 4.54. The standard InChI is InChI=1S/C29H30FN5O3S/c1-17-23(14-18-4-2-3-5-25(18)32-17)27(36)33-20-6-8-21(9-7-20)35-28(37)24-15-19(30)16-31-26(24)34(29(35)38)22-10-12-39-13-11-22/h2-5,14-16,20-22H,6-13H2,1H3,(H,33,36). The van der Waals surface area contributed by atoms with Crippen LogP contribution in [-0.4, -0.2) is 42.6 Å². The summed E-state index contributed by atoms with van der Waals surface area (Å²) in [4.78, 5) is 49.2. The molecule has 0 bridgehead atoms. The molecule has 1 saturated carbocycles. The molecule has 202 valence electrons. The van der Waals surface area contributed by atoms with Crippen molar-refractivity contribution in [2.24, 2.45) is 0 Å². The van der Waals surface area contributed by atoms with E-state index in [0.29, 0.717) is 36.9 Å². The molecular weight excluding hydrogens is 517 g/mol. The number of thioether (sulfide) groups is 1. The minimum atomic E-state index is -0.597. The number of para-hydroxylation sites is 1. The van der Waals surface area contributed by atoms with Crippen LogP contribution in [0.3, 0.4) is 0 Å². The van der Waals surface area contributed by atoms with E-state index in [-0.39, 0.29) is 40.8 Å². The number of rotatable bonds is 4. The molecule has 4 heterocycles. The van der Waals surface area contributed by atoms with Crippen molar-refractivity contribution >= 4 is 39.6 Å². The van der Waals surface area contributed by atoms with Gasteiger partial charge in [0, 0.05) is 23.5 Å². The largest absolute Gasteiger partial charge is 0.349 e. The van der Waals surface area contributed by atoms with E-state index in [9.17, 15) is 18.8 Å². The first-order valence-electron chi connectivity index (χ1n) is 13.5. The minimum absolute atomic E-state index is 0.0690. The first-order chi connectivity index (χ1) is 18.9. The quantitative estimate of drug-likeness (QED) is 0.403. The fourth-order valence-electron chi connectivity index (χ4n) is 5.98. The molecule has 39 heavy (non-hydrogen) atoms. The van der Waals surface area contributed by atoms with Crippen molar-refractivity contribution in [1.82, 2.24) is 24.4 Å². The van der Waals surface area contributed by atoms with Crippen LogP contribution in [0.4, 0.5) is 4.39 Å². The SMILES string of the molecule is Cc1nc2ccccc2cc1C(=O)NC1CCC(n2c(=O)c3cc(F)cnc3n(C3CCSCC3)c2=O)CC1. The lowest BCUT2D eigenvalue weighted by molar-refractivity contribution is 0.0921. The van der Waals surface area contributed by atoms with Gasteiger partial charge in [-0.1, -0.05) is 18.2 Å². The first kappa shape index (κ1) is 25.7. The Kier molecular flexibility index (Phi) is 6.97. The predicted molar refractivity (Wildman–Crippen MR) is 151 cm³/mol. The maximum absolute atomic E-state index is 14.1. The number of carbonyl (C=O) groups excluding carboxylic acids is 1. The van der Waals surface area contributed by atoms with Crippen LogP contribution in [0.15, 0.2) is 52.2 Å². The van der Waals surface area contributed by atoms with Gasteiger partial charge < -0.3 is 5.32 Å². The van der Waals surface area contributed by atoms with Crippen molar-refractivity contribution in [2.45, 2.75) is 63.6 Å². The summed E-state index contributed by atoms with van der Waals surface area (Å²) in [5.41, 5.74) is 1.47. The van der Waals surface area contributed by atoms with Gasteiger partial charge in [0.05, 0.1) is 28.4 Å². The van der Waals surface area contributed by atoms with E-state index in [2.05, 4.69) is 15.3 Å². The second-order valence-electron chi connectivity index (χ2n) is 10.5. The third kappa shape index (κ3) is 4.86. The fourth-order valence-corrected chi connectivity index (χ4v) is 7.06. The van der Waals surface area contributed by atoms with Crippen molar-refractivity contribution in [3.63, 3.8) is 0 Å². The van der Waals surface area contributed by atoms with Gasteiger partial charge in [0.1, 0.15) is 11.5 Å². The smallest absolute Gasteiger partial charge is 0.333 e. The van der Waals surface area contributed by atoms with E-state index in [1.165, 1.54) is 10.6 Å². The van der Waals surface area contributed by atoms with Crippen molar-refractivity contribution in [1.29, 1.82) is 0 Å². The second kappa shape index (κ2) is 10.6. The third-order valence-corrected chi connectivity index (χ3v) is 9.08. The van der Waals surface area contributed by atoms with E-state index in [0.717, 1.165) is 41.4 Å². The summed E-state index contributed by atoms with van der Waals surface area (Å²) in [5.74, 6) is 1.09. The Morgan fingerprint density at radius 1 is 1.00 bits per heavy atom. The van der Waals surface area contributed by atoms with E-state index >= 15 is 0 Å². The Morgan fingerprint density at radius 2 is 1.72 bits per heavy atom. The van der Waals surface area contributed by atoms with E-state index in [1.54, 1.807) is 4.57 Å². The molecule has 1 aliphatic carbocycles. The van der Waals surface area contributed by atoms with Crippen LogP contribution >= 0.6 is 11.8 Å². The van der Waals surface area contributed by atoms with Gasteiger partial charge in [-0.25, -0.2) is 14.2 Å². The highest BCUT2D eigenvalue weighted by atomic mass is 32.2. The van der Waals surface area contributed by atoms with Crippen molar-refractivity contribution in [3.05, 3.63) is 80.5 Å². The lowest BCUT2D eigenvalue weighted by atomic mass is 9.90. The molecule has 0 spiro atoms. The monoisotopic (exact) mass is 547 g/mol. The lowest BCUT2D eigenvalue weighted by Gasteiger charge is -2.31. The van der Waals surface area contributed by atoms with Crippen LogP contribution in [0.25, 0.3) is 21.9 Å². The summed E-state index contributed by atoms with van der Waals surface area (Å²) in [5, 5.41) is 4.18. The Morgan fingerprint density at radius 3 is 2.49 bits per heavy atom. The summed E-state index contributed by atoms with van der Waals surface area (Å²) in [6.45, 7) is 1.83. The number of benzene rings is 1. The normalized spacial score (nSPS) is 20.4. The summed E-state index contributed by atoms with van der Waals surface area (Å²) in [6.07, 6.45) is 5.05. The zero-order valence-corrected chi connectivity index (χ0v) is 22.5. The molecule has 6 rings (SSSR count). The van der Waals surface area contributed by atoms with Crippen LogP contribution in [0.1, 0.15) is 66.7 Å². The van der Waals surface area contributed by atoms with Gasteiger partial charge in [-0.05, 0) is 75.2 Å². The first-order valence-corrected chi connectivity index (χ1v) is 14.6. The summed E-state index contributed by atoms with van der Waals surface area (Å²) < 4.78 is 17.1. The number of hydrogen-bond acceptors (Lipinski definition) is 6. The maximum atomic E-state index is 14.1. The molecule has 10 heteroatoms. The average molecular weight is 548 g/mol. The number of pyridine rings is 2. The number of aryl methyl sites for hydroxylation is 1. The number of halogens is 1. The van der Waals surface area contributed by atoms with Gasteiger partial charge in [-0.2, -0.15) is 11.8 Å². The number of nitrogens with zero attached hydrogens (tertiary/aromatic N) is 4. The molecule has 8 nitrogen and oxygen atoms in total. The number of carbonyl (C=O) groups is 1. The topological polar surface area (TPSA) is 98.9 Å². The highest BCUT2D eigenvalue weighted by Crippen LogP contribution is 2.30. The molecule has 0 radical (unpaired) electrons. The zero-order chi connectivity index (χ0) is 27.1. The summed E-state index contributed by atoms with van der Waals surface area (Å²) in [7, 11) is 0. The number of amides is 1. The lowest BCUT2D eigenvalue weighted by Crippen LogP contribution is -2.46. The van der Waals surface area contributed by atoms with Gasteiger partial charge in [0.15, 0.2) is 0 Å². The van der Waals surface area contributed by atoms with Crippen LogP contribution in [0.5, 0.6) is 0 Å². The van der Waals surface area contributed by atoms with Crippen LogP contribution in [0, 0.1) is 12.7 Å². The van der Waals surface area contributed by atoms with E-state index in [1.807, 2.05) is 49.0 Å². The zero-order valence-electron chi connectivity index (χ0n) is 21.7. The fraction of sp³-hybridized carbons (Fsp3) is 0.414. The highest BCUT2D eigenvalue weighted by molar-refractivity contribution is 7.99. The van der Waals surface area contributed by atoms with Crippen LogP contribution in [-0.2, 0) is 0 Å². The third-order valence-electron chi connectivity index (χ3n) is 8.04. The maximum Gasteiger partial charge on any atom is 0.333 e. The molecule has 4 aromatic rings. The molecule has 1 N–H and O–H groups in total. The number of hydrogen-bond donors (Lipinski definition) is 1. The molecule has 1 amide bonds. The minimum Gasteiger partial charge on any atom is -0.349 e. The average Bonchev–Trinajstić information content (AvgIpc) is 2.94. The molecule has 3 aromatic heterocycles. The molecule has 1 aliphatic heterocycles. The summed E-state index contributed by atoms with van der Waals surface area (Å²) >= 11 is 1.84. The Hall–Kier alpha value is -3.53. The number of fused-ring (bicyclic) bond motifs is 2. The Bertz CT molecular complexity index is 1690. The molecule has 0 atom stereocenters. The Balaban J connectivity index is 1.25. The van der Waals surface area contributed by atoms with Gasteiger partial charge in [0.25, 0.3) is 11.5 Å². The van der Waals surface area contributed by atoms with E-state index in [4.69, 9.17) is 0 Å². The number of nitrogens with one attached hydrogen (secondary N) is 1. The molecule has 2 aliphatic rings. The summed E-state index contributed by atoms with van der Waals surface area (Å²) in [6, 6.07) is 10.3. The van der Waals surface area contributed by atoms with Crippen molar-refractivity contribution < 1.29 is 9.18 Å². The van der Waals surface area contributed by atoms with Gasteiger partial charge in [-0.3, -0.25) is 23.7 Å². The Labute approximate surface area is 228 Å². The molecular formula is C29H30FN5O3S. The van der Waals surface area contributed by atoms with Crippen LogP contribution < -0.4 is 16.6 Å². The van der Waals surface area contributed by atoms with Crippen molar-refractivity contribution in [3.8, 4) is 0 Å². The van der Waals surface area contributed by atoms with Gasteiger partial charge in [0.2, 0.25) is 0 Å². The highest BCUT2D eigenvalue weighted by Gasteiger charge is 2.30. The van der Waals surface area contributed by atoms with E-state index < -0.39 is 11.4 Å². The van der Waals surface area contributed by atoms with Gasteiger partial charge >= 0.3 is 5.69 Å². The molecule has 1 aromatic carbocycles. The van der Waals surface area contributed by atoms with Crippen molar-refractivity contribution in [2.75, 3.05) is 11.5 Å². The number of aromatic nitrogens is 4. The molecule has 1 saturated heterocycles. The molecule has 0 unspecified atom stereocenters. The molecule has 2 fully saturated rings.